The highest BCUT2D eigenvalue weighted by Gasteiger charge is 2.38. The number of hydrogen-bond donors (Lipinski definition) is 1. The number of hydrogen-bond acceptors (Lipinski definition) is 2. The van der Waals surface area contributed by atoms with Crippen molar-refractivity contribution in [3.63, 3.8) is 0 Å². The quantitative estimate of drug-likeness (QED) is 0.516. The zero-order chi connectivity index (χ0) is 16.9. The van der Waals surface area contributed by atoms with Crippen molar-refractivity contribution in [1.29, 1.82) is 0 Å². The Labute approximate surface area is 159 Å². The second kappa shape index (κ2) is 11.2. The van der Waals surface area contributed by atoms with Crippen molar-refractivity contribution in [1.82, 2.24) is 10.2 Å². The highest BCUT2D eigenvalue weighted by atomic mass is 35.5. The van der Waals surface area contributed by atoms with Gasteiger partial charge in [-0.3, -0.25) is 4.90 Å². The summed E-state index contributed by atoms with van der Waals surface area (Å²) in [7, 11) is 0. The van der Waals surface area contributed by atoms with E-state index in [1.54, 1.807) is 0 Å². The Hall–Kier alpha value is -0.560. The SMILES string of the molecule is CCCCC[C@@H](c1c(F)cccc1C(F)(F)F)N1CCNCC1.Cl.Cl. The van der Waals surface area contributed by atoms with Crippen LogP contribution >= 0.6 is 24.8 Å². The molecule has 25 heavy (non-hydrogen) atoms. The Balaban J connectivity index is 0.00000288. The summed E-state index contributed by atoms with van der Waals surface area (Å²) in [5.74, 6) is -0.750. The lowest BCUT2D eigenvalue weighted by Gasteiger charge is -2.36. The number of nitrogens with one attached hydrogen (secondary N) is 1. The van der Waals surface area contributed by atoms with Crippen molar-refractivity contribution in [2.75, 3.05) is 26.2 Å². The predicted molar refractivity (Wildman–Crippen MR) is 97.2 cm³/mol. The van der Waals surface area contributed by atoms with E-state index in [0.717, 1.165) is 50.6 Å². The van der Waals surface area contributed by atoms with Gasteiger partial charge in [-0.1, -0.05) is 32.3 Å². The second-order valence-electron chi connectivity index (χ2n) is 6.00. The van der Waals surface area contributed by atoms with Gasteiger partial charge in [-0.15, -0.1) is 24.8 Å². The molecule has 8 heteroatoms. The fraction of sp³-hybridized carbons (Fsp3) is 0.647. The van der Waals surface area contributed by atoms with Gasteiger partial charge in [0.25, 0.3) is 0 Å². The average Bonchev–Trinajstić information content (AvgIpc) is 2.52. The normalized spacial score (nSPS) is 16.7. The van der Waals surface area contributed by atoms with E-state index < -0.39 is 23.6 Å². The van der Waals surface area contributed by atoms with Crippen molar-refractivity contribution >= 4 is 24.8 Å². The van der Waals surface area contributed by atoms with E-state index in [2.05, 4.69) is 5.32 Å². The lowest BCUT2D eigenvalue weighted by atomic mass is 9.93. The van der Waals surface area contributed by atoms with Crippen LogP contribution < -0.4 is 5.32 Å². The smallest absolute Gasteiger partial charge is 0.314 e. The van der Waals surface area contributed by atoms with E-state index in [4.69, 9.17) is 0 Å². The van der Waals surface area contributed by atoms with E-state index in [1.807, 2.05) is 11.8 Å². The number of nitrogens with zero attached hydrogens (tertiary/aromatic N) is 1. The Kier molecular flexibility index (Phi) is 11.0. The van der Waals surface area contributed by atoms with Crippen LogP contribution in [0.3, 0.4) is 0 Å². The molecule has 0 amide bonds. The lowest BCUT2D eigenvalue weighted by molar-refractivity contribution is -0.139. The fourth-order valence-electron chi connectivity index (χ4n) is 3.21. The molecule has 1 aromatic carbocycles. The zero-order valence-corrected chi connectivity index (χ0v) is 15.9. The molecule has 0 unspecified atom stereocenters. The van der Waals surface area contributed by atoms with Gasteiger partial charge < -0.3 is 5.32 Å². The van der Waals surface area contributed by atoms with Crippen molar-refractivity contribution in [3.05, 3.63) is 35.1 Å². The summed E-state index contributed by atoms with van der Waals surface area (Å²) in [5, 5.41) is 3.19. The summed E-state index contributed by atoms with van der Waals surface area (Å²) in [6.45, 7) is 4.77. The van der Waals surface area contributed by atoms with E-state index in [-0.39, 0.29) is 30.4 Å². The van der Waals surface area contributed by atoms with Crippen LogP contribution in [0.5, 0.6) is 0 Å². The Morgan fingerprint density at radius 2 is 1.76 bits per heavy atom. The highest BCUT2D eigenvalue weighted by molar-refractivity contribution is 5.85. The summed E-state index contributed by atoms with van der Waals surface area (Å²) in [6.07, 6.45) is -1.25. The van der Waals surface area contributed by atoms with Gasteiger partial charge in [0.2, 0.25) is 0 Å². The van der Waals surface area contributed by atoms with Gasteiger partial charge in [0, 0.05) is 37.8 Å². The van der Waals surface area contributed by atoms with Gasteiger partial charge in [-0.25, -0.2) is 4.39 Å². The number of rotatable bonds is 6. The maximum atomic E-state index is 14.4. The standard InChI is InChI=1S/C17H24F4N2.2ClH/c1-2-3-4-8-15(23-11-9-22-10-12-23)16-13(17(19,20)21)6-5-7-14(16)18;;/h5-7,15,22H,2-4,8-12H2,1H3;2*1H/t15-;;/m0../s1. The molecule has 1 saturated heterocycles. The molecule has 0 bridgehead atoms. The summed E-state index contributed by atoms with van der Waals surface area (Å²) >= 11 is 0. The number of alkyl halides is 3. The molecule has 1 aliphatic heterocycles. The first kappa shape index (κ1) is 24.4. The molecular weight excluding hydrogens is 379 g/mol. The molecule has 2 rings (SSSR count). The van der Waals surface area contributed by atoms with Crippen LogP contribution in [0.1, 0.15) is 49.8 Å². The summed E-state index contributed by atoms with van der Waals surface area (Å²) in [4.78, 5) is 1.99. The van der Waals surface area contributed by atoms with Crippen LogP contribution in [0.25, 0.3) is 0 Å². The Morgan fingerprint density at radius 3 is 2.32 bits per heavy atom. The van der Waals surface area contributed by atoms with Crippen molar-refractivity contribution < 1.29 is 17.6 Å². The molecule has 0 radical (unpaired) electrons. The first-order chi connectivity index (χ1) is 10.9. The van der Waals surface area contributed by atoms with Crippen molar-refractivity contribution in [2.24, 2.45) is 0 Å². The minimum atomic E-state index is -4.53. The third-order valence-corrected chi connectivity index (χ3v) is 4.37. The topological polar surface area (TPSA) is 15.3 Å². The van der Waals surface area contributed by atoms with Gasteiger partial charge in [0.1, 0.15) is 5.82 Å². The molecule has 1 aromatic rings. The number of benzene rings is 1. The van der Waals surface area contributed by atoms with Gasteiger partial charge in [-0.05, 0) is 18.6 Å². The van der Waals surface area contributed by atoms with Gasteiger partial charge in [0.15, 0.2) is 0 Å². The van der Waals surface area contributed by atoms with Crippen LogP contribution in [0.2, 0.25) is 0 Å². The lowest BCUT2D eigenvalue weighted by Crippen LogP contribution is -2.45. The Bertz CT molecular complexity index is 506. The summed E-state index contributed by atoms with van der Waals surface area (Å²) in [5.41, 5.74) is -1.02. The van der Waals surface area contributed by atoms with E-state index in [0.29, 0.717) is 19.5 Å². The second-order valence-corrected chi connectivity index (χ2v) is 6.00. The molecule has 1 aliphatic rings. The predicted octanol–water partition coefficient (Wildman–Crippen LogP) is 5.21. The van der Waals surface area contributed by atoms with Gasteiger partial charge in [-0.2, -0.15) is 13.2 Å². The maximum Gasteiger partial charge on any atom is 0.416 e. The third kappa shape index (κ3) is 6.59. The van der Waals surface area contributed by atoms with E-state index in [1.165, 1.54) is 0 Å². The van der Waals surface area contributed by atoms with Crippen molar-refractivity contribution in [2.45, 2.75) is 44.8 Å². The van der Waals surface area contributed by atoms with Crippen LogP contribution in [-0.4, -0.2) is 31.1 Å². The molecular formula is C17H26Cl2F4N2. The first-order valence-electron chi connectivity index (χ1n) is 8.25. The number of piperazine rings is 1. The van der Waals surface area contributed by atoms with Crippen LogP contribution in [-0.2, 0) is 6.18 Å². The minimum Gasteiger partial charge on any atom is -0.314 e. The van der Waals surface area contributed by atoms with Crippen LogP contribution in [0, 0.1) is 5.82 Å². The molecule has 0 aromatic heterocycles. The molecule has 1 atom stereocenters. The third-order valence-electron chi connectivity index (χ3n) is 4.37. The van der Waals surface area contributed by atoms with Gasteiger partial charge >= 0.3 is 6.18 Å². The van der Waals surface area contributed by atoms with Gasteiger partial charge in [0.05, 0.1) is 5.56 Å². The molecule has 1 fully saturated rings. The average molecular weight is 405 g/mol. The molecule has 0 spiro atoms. The highest BCUT2D eigenvalue weighted by Crippen LogP contribution is 2.39. The molecule has 1 heterocycles. The number of halogens is 6. The Morgan fingerprint density at radius 1 is 1.12 bits per heavy atom. The summed E-state index contributed by atoms with van der Waals surface area (Å²) in [6, 6.07) is 2.76. The number of unbranched alkanes of at least 4 members (excludes halogenated alkanes) is 2. The van der Waals surface area contributed by atoms with Crippen LogP contribution in [0.4, 0.5) is 17.6 Å². The maximum absolute atomic E-state index is 14.4. The van der Waals surface area contributed by atoms with Crippen LogP contribution in [0.15, 0.2) is 18.2 Å². The van der Waals surface area contributed by atoms with E-state index in [9.17, 15) is 17.6 Å². The first-order valence-corrected chi connectivity index (χ1v) is 8.25. The van der Waals surface area contributed by atoms with Crippen molar-refractivity contribution in [3.8, 4) is 0 Å². The zero-order valence-electron chi connectivity index (χ0n) is 14.2. The molecule has 0 aliphatic carbocycles. The van der Waals surface area contributed by atoms with E-state index >= 15 is 0 Å². The molecule has 2 nitrogen and oxygen atoms in total. The monoisotopic (exact) mass is 404 g/mol. The molecule has 0 saturated carbocycles. The fourth-order valence-corrected chi connectivity index (χ4v) is 3.21. The minimum absolute atomic E-state index is 0. The largest absolute Gasteiger partial charge is 0.416 e. The molecule has 146 valence electrons. The summed E-state index contributed by atoms with van der Waals surface area (Å²) < 4.78 is 54.4. The molecule has 1 N–H and O–H groups in total.